The average molecular weight is 273 g/mol. The van der Waals surface area contributed by atoms with Gasteiger partial charge >= 0.3 is 0 Å². The van der Waals surface area contributed by atoms with Crippen molar-refractivity contribution in [3.05, 3.63) is 52.2 Å². The van der Waals surface area contributed by atoms with Gasteiger partial charge in [-0.3, -0.25) is 4.79 Å². The number of aromatic nitrogens is 2. The number of piperidine rings is 1. The first-order valence-electron chi connectivity index (χ1n) is 6.80. The molecule has 0 amide bonds. The zero-order chi connectivity index (χ0) is 13.9. The van der Waals surface area contributed by atoms with Gasteiger partial charge in [0.25, 0.3) is 5.56 Å². The Morgan fingerprint density at radius 3 is 2.55 bits per heavy atom. The van der Waals surface area contributed by atoms with Gasteiger partial charge in [-0.2, -0.15) is 0 Å². The molecule has 1 fully saturated rings. The van der Waals surface area contributed by atoms with E-state index in [4.69, 9.17) is 0 Å². The van der Waals surface area contributed by atoms with Gasteiger partial charge in [-0.05, 0) is 50.2 Å². The van der Waals surface area contributed by atoms with Crippen LogP contribution < -0.4 is 10.9 Å². The molecule has 4 nitrogen and oxygen atoms in total. The summed E-state index contributed by atoms with van der Waals surface area (Å²) in [6.45, 7) is 1.90. The van der Waals surface area contributed by atoms with Crippen LogP contribution in [0.2, 0.25) is 0 Å². The lowest BCUT2D eigenvalue weighted by Crippen LogP contribution is -2.28. The van der Waals surface area contributed by atoms with E-state index in [1.807, 2.05) is 0 Å². The smallest absolute Gasteiger partial charge is 0.251 e. The van der Waals surface area contributed by atoms with Crippen LogP contribution in [0.3, 0.4) is 0 Å². The van der Waals surface area contributed by atoms with Gasteiger partial charge < -0.3 is 10.3 Å². The molecular formula is C15H16FN3O. The number of hydrogen-bond acceptors (Lipinski definition) is 3. The average Bonchev–Trinajstić information content (AvgIpc) is 2.48. The highest BCUT2D eigenvalue weighted by molar-refractivity contribution is 5.54. The predicted octanol–water partition coefficient (Wildman–Crippen LogP) is 2.04. The summed E-state index contributed by atoms with van der Waals surface area (Å²) in [5, 5.41) is 3.30. The van der Waals surface area contributed by atoms with E-state index in [1.54, 1.807) is 18.2 Å². The summed E-state index contributed by atoms with van der Waals surface area (Å²) in [4.78, 5) is 19.1. The fraction of sp³-hybridized carbons (Fsp3) is 0.333. The second kappa shape index (κ2) is 5.54. The first-order valence-corrected chi connectivity index (χ1v) is 6.80. The third kappa shape index (κ3) is 2.77. The van der Waals surface area contributed by atoms with Crippen LogP contribution in [0.1, 0.15) is 24.5 Å². The monoisotopic (exact) mass is 273 g/mol. The minimum atomic E-state index is -0.300. The summed E-state index contributed by atoms with van der Waals surface area (Å²) in [7, 11) is 0. The molecule has 2 N–H and O–H groups in total. The van der Waals surface area contributed by atoms with Gasteiger partial charge in [-0.15, -0.1) is 0 Å². The second-order valence-electron chi connectivity index (χ2n) is 5.05. The molecule has 0 atom stereocenters. The molecule has 1 saturated heterocycles. The van der Waals surface area contributed by atoms with Gasteiger partial charge in [-0.25, -0.2) is 9.37 Å². The molecule has 0 aliphatic carbocycles. The molecule has 1 aromatic carbocycles. The first kappa shape index (κ1) is 13.0. The van der Waals surface area contributed by atoms with Crippen molar-refractivity contribution in [2.45, 2.75) is 18.8 Å². The van der Waals surface area contributed by atoms with Crippen LogP contribution in [0.5, 0.6) is 0 Å². The molecule has 0 spiro atoms. The molecule has 0 unspecified atom stereocenters. The Hall–Kier alpha value is -2.01. The zero-order valence-electron chi connectivity index (χ0n) is 11.0. The van der Waals surface area contributed by atoms with E-state index in [9.17, 15) is 9.18 Å². The van der Waals surface area contributed by atoms with Crippen LogP contribution in [0.4, 0.5) is 4.39 Å². The minimum Gasteiger partial charge on any atom is -0.317 e. The van der Waals surface area contributed by atoms with Crippen LogP contribution in [0.25, 0.3) is 11.4 Å². The van der Waals surface area contributed by atoms with E-state index in [0.717, 1.165) is 37.2 Å². The molecule has 0 bridgehead atoms. The van der Waals surface area contributed by atoms with E-state index < -0.39 is 0 Å². The molecule has 0 radical (unpaired) electrons. The van der Waals surface area contributed by atoms with Crippen LogP contribution in [0, 0.1) is 5.82 Å². The van der Waals surface area contributed by atoms with Gasteiger partial charge in [0.15, 0.2) is 0 Å². The fourth-order valence-corrected chi connectivity index (χ4v) is 2.55. The van der Waals surface area contributed by atoms with Crippen molar-refractivity contribution >= 4 is 0 Å². The number of halogens is 1. The normalized spacial score (nSPS) is 16.2. The summed E-state index contributed by atoms with van der Waals surface area (Å²) < 4.78 is 13.0. The molecule has 2 aromatic rings. The molecule has 1 aliphatic rings. The van der Waals surface area contributed by atoms with Gasteiger partial charge in [0.1, 0.15) is 11.6 Å². The molecule has 2 heterocycles. The van der Waals surface area contributed by atoms with Crippen molar-refractivity contribution in [3.63, 3.8) is 0 Å². The first-order chi connectivity index (χ1) is 9.72. The third-order valence-corrected chi connectivity index (χ3v) is 3.64. The Labute approximate surface area is 116 Å². The molecule has 3 rings (SSSR count). The summed E-state index contributed by atoms with van der Waals surface area (Å²) in [6, 6.07) is 7.56. The molecule has 20 heavy (non-hydrogen) atoms. The predicted molar refractivity (Wildman–Crippen MR) is 75.1 cm³/mol. The van der Waals surface area contributed by atoms with Crippen LogP contribution in [0.15, 0.2) is 35.1 Å². The van der Waals surface area contributed by atoms with Crippen LogP contribution >= 0.6 is 0 Å². The SMILES string of the molecule is O=c1cc(C2CCNCC2)nc(-c2ccc(F)cc2)[nH]1. The van der Waals surface area contributed by atoms with E-state index in [2.05, 4.69) is 15.3 Å². The molecule has 0 saturated carbocycles. The Morgan fingerprint density at radius 2 is 1.85 bits per heavy atom. The number of nitrogens with one attached hydrogen (secondary N) is 2. The number of aromatic amines is 1. The largest absolute Gasteiger partial charge is 0.317 e. The maximum absolute atomic E-state index is 13.0. The summed E-state index contributed by atoms with van der Waals surface area (Å²) in [5.74, 6) is 0.523. The lowest BCUT2D eigenvalue weighted by molar-refractivity contribution is 0.453. The lowest BCUT2D eigenvalue weighted by atomic mass is 9.94. The number of nitrogens with zero attached hydrogens (tertiary/aromatic N) is 1. The van der Waals surface area contributed by atoms with E-state index in [0.29, 0.717) is 11.7 Å². The van der Waals surface area contributed by atoms with Crippen molar-refractivity contribution < 1.29 is 4.39 Å². The summed E-state index contributed by atoms with van der Waals surface area (Å²) in [6.07, 6.45) is 1.97. The highest BCUT2D eigenvalue weighted by Gasteiger charge is 2.18. The van der Waals surface area contributed by atoms with Crippen molar-refractivity contribution in [1.82, 2.24) is 15.3 Å². The Kier molecular flexibility index (Phi) is 3.60. The van der Waals surface area contributed by atoms with E-state index >= 15 is 0 Å². The Morgan fingerprint density at radius 1 is 1.15 bits per heavy atom. The van der Waals surface area contributed by atoms with Gasteiger partial charge in [0.2, 0.25) is 0 Å². The van der Waals surface area contributed by atoms with Gasteiger partial charge in [0, 0.05) is 17.5 Å². The zero-order valence-corrected chi connectivity index (χ0v) is 11.0. The summed E-state index contributed by atoms with van der Waals surface area (Å²) in [5.41, 5.74) is 1.39. The topological polar surface area (TPSA) is 57.8 Å². The maximum Gasteiger partial charge on any atom is 0.251 e. The van der Waals surface area contributed by atoms with Gasteiger partial charge in [-0.1, -0.05) is 0 Å². The number of benzene rings is 1. The Bertz CT molecular complexity index is 645. The number of H-pyrrole nitrogens is 1. The van der Waals surface area contributed by atoms with Crippen LogP contribution in [-0.4, -0.2) is 23.1 Å². The van der Waals surface area contributed by atoms with Crippen molar-refractivity contribution in [2.24, 2.45) is 0 Å². The van der Waals surface area contributed by atoms with E-state index in [1.165, 1.54) is 12.1 Å². The third-order valence-electron chi connectivity index (χ3n) is 3.64. The van der Waals surface area contributed by atoms with Crippen molar-refractivity contribution in [2.75, 3.05) is 13.1 Å². The highest BCUT2D eigenvalue weighted by atomic mass is 19.1. The maximum atomic E-state index is 13.0. The molecule has 5 heteroatoms. The lowest BCUT2D eigenvalue weighted by Gasteiger charge is -2.22. The molecule has 1 aliphatic heterocycles. The second-order valence-corrected chi connectivity index (χ2v) is 5.05. The van der Waals surface area contributed by atoms with Crippen LogP contribution in [-0.2, 0) is 0 Å². The molecule has 104 valence electrons. The fourth-order valence-electron chi connectivity index (χ4n) is 2.55. The van der Waals surface area contributed by atoms with E-state index in [-0.39, 0.29) is 11.4 Å². The van der Waals surface area contributed by atoms with Crippen molar-refractivity contribution in [3.8, 4) is 11.4 Å². The Balaban J connectivity index is 1.97. The quantitative estimate of drug-likeness (QED) is 0.880. The molecule has 1 aromatic heterocycles. The minimum absolute atomic E-state index is 0.159. The number of hydrogen-bond donors (Lipinski definition) is 2. The van der Waals surface area contributed by atoms with Crippen molar-refractivity contribution in [1.29, 1.82) is 0 Å². The molecular weight excluding hydrogens is 257 g/mol. The van der Waals surface area contributed by atoms with Gasteiger partial charge in [0.05, 0.1) is 5.69 Å². The standard InChI is InChI=1S/C15H16FN3O/c16-12-3-1-11(2-4-12)15-18-13(9-14(20)19-15)10-5-7-17-8-6-10/h1-4,9-10,17H,5-8H2,(H,18,19,20). The highest BCUT2D eigenvalue weighted by Crippen LogP contribution is 2.24. The summed E-state index contributed by atoms with van der Waals surface area (Å²) >= 11 is 0. The number of rotatable bonds is 2.